The number of hydrogen-bond acceptors (Lipinski definition) is 10. The van der Waals surface area contributed by atoms with Crippen LogP contribution in [0.3, 0.4) is 0 Å². The van der Waals surface area contributed by atoms with Crippen molar-refractivity contribution in [3.63, 3.8) is 0 Å². The summed E-state index contributed by atoms with van der Waals surface area (Å²) >= 11 is 6.32. The normalized spacial score (nSPS) is 11.2. The number of rotatable bonds is 12. The number of halogens is 1. The second kappa shape index (κ2) is 19.0. The standard InChI is InChI=1S/C23H27ClN4O3.C5H10O2.C5H12O/c1-4-12-28(13-5-14-29)26-19-9-6-17(7-10-19)23-25-22(27-31-23)18-8-11-21(20(24)15-18)30-16(2)3;1-5(2,3)7-4-6;1-5(2,3)6-4/h6-11,14-16,26H,4-5,12-13H2,1-3H3;4H,1-3H3;1-4H3. The number of aromatic nitrogens is 2. The van der Waals surface area contributed by atoms with Crippen LogP contribution in [0.2, 0.25) is 5.02 Å². The average molecular weight is 633 g/mol. The van der Waals surface area contributed by atoms with Crippen LogP contribution in [0.25, 0.3) is 22.8 Å². The lowest BCUT2D eigenvalue weighted by Gasteiger charge is -2.22. The van der Waals surface area contributed by atoms with E-state index in [4.69, 9.17) is 25.6 Å². The van der Waals surface area contributed by atoms with Gasteiger partial charge in [-0.15, -0.1) is 0 Å². The minimum atomic E-state index is -0.318. The van der Waals surface area contributed by atoms with Gasteiger partial charge in [-0.2, -0.15) is 4.98 Å². The smallest absolute Gasteiger partial charge is 0.293 e. The molecule has 244 valence electrons. The molecule has 11 heteroatoms. The lowest BCUT2D eigenvalue weighted by atomic mass is 10.2. The fourth-order valence-corrected chi connectivity index (χ4v) is 3.39. The summed E-state index contributed by atoms with van der Waals surface area (Å²) in [6.45, 7) is 19.5. The molecule has 0 atom stereocenters. The highest BCUT2D eigenvalue weighted by molar-refractivity contribution is 6.32. The molecule has 0 saturated carbocycles. The summed E-state index contributed by atoms with van der Waals surface area (Å²) in [6, 6.07) is 13.1. The van der Waals surface area contributed by atoms with Gasteiger partial charge in [0.1, 0.15) is 17.6 Å². The van der Waals surface area contributed by atoms with E-state index in [0.29, 0.717) is 41.9 Å². The number of methoxy groups -OCH3 is 1. The molecule has 0 radical (unpaired) electrons. The van der Waals surface area contributed by atoms with Crippen molar-refractivity contribution in [2.45, 2.75) is 92.5 Å². The van der Waals surface area contributed by atoms with Crippen molar-refractivity contribution in [2.75, 3.05) is 25.6 Å². The maximum atomic E-state index is 10.7. The number of carbonyl (C=O) groups is 2. The zero-order valence-electron chi connectivity index (χ0n) is 27.8. The van der Waals surface area contributed by atoms with Crippen molar-refractivity contribution in [3.05, 3.63) is 47.5 Å². The van der Waals surface area contributed by atoms with Crippen molar-refractivity contribution in [2.24, 2.45) is 0 Å². The molecule has 0 amide bonds. The van der Waals surface area contributed by atoms with Crippen LogP contribution in [-0.4, -0.2) is 65.4 Å². The van der Waals surface area contributed by atoms with E-state index in [-0.39, 0.29) is 17.3 Å². The summed E-state index contributed by atoms with van der Waals surface area (Å²) in [5.41, 5.74) is 5.54. The summed E-state index contributed by atoms with van der Waals surface area (Å²) in [4.78, 5) is 24.8. The van der Waals surface area contributed by atoms with Gasteiger partial charge in [0.15, 0.2) is 0 Å². The van der Waals surface area contributed by atoms with Crippen molar-refractivity contribution in [1.82, 2.24) is 15.1 Å². The lowest BCUT2D eigenvalue weighted by Crippen LogP contribution is -2.31. The minimum absolute atomic E-state index is 0.0386. The monoisotopic (exact) mass is 632 g/mol. The van der Waals surface area contributed by atoms with E-state index in [1.807, 2.05) is 90.7 Å². The Morgan fingerprint density at radius 1 is 0.977 bits per heavy atom. The van der Waals surface area contributed by atoms with Gasteiger partial charge in [0.05, 0.1) is 16.7 Å². The Morgan fingerprint density at radius 3 is 2.05 bits per heavy atom. The predicted molar refractivity (Wildman–Crippen MR) is 176 cm³/mol. The van der Waals surface area contributed by atoms with Gasteiger partial charge in [0.2, 0.25) is 5.82 Å². The van der Waals surface area contributed by atoms with Gasteiger partial charge in [0.25, 0.3) is 12.4 Å². The number of nitrogens with zero attached hydrogens (tertiary/aromatic N) is 3. The first-order chi connectivity index (χ1) is 20.6. The number of ether oxygens (including phenoxy) is 3. The molecule has 0 bridgehead atoms. The molecule has 1 aromatic heterocycles. The third-order valence-corrected chi connectivity index (χ3v) is 5.72. The fraction of sp³-hybridized carbons (Fsp3) is 0.515. The molecule has 0 unspecified atom stereocenters. The van der Waals surface area contributed by atoms with Crippen molar-refractivity contribution >= 4 is 30.0 Å². The van der Waals surface area contributed by atoms with E-state index >= 15 is 0 Å². The topological polar surface area (TPSA) is 116 Å². The van der Waals surface area contributed by atoms with E-state index in [1.54, 1.807) is 19.2 Å². The zero-order chi connectivity index (χ0) is 33.3. The summed E-state index contributed by atoms with van der Waals surface area (Å²) in [5, 5.41) is 6.61. The largest absolute Gasteiger partial charge is 0.489 e. The van der Waals surface area contributed by atoms with E-state index in [0.717, 1.165) is 36.1 Å². The molecule has 3 rings (SSSR count). The second-order valence-corrected chi connectivity index (χ2v) is 12.4. The van der Waals surface area contributed by atoms with Gasteiger partial charge in [-0.1, -0.05) is 23.7 Å². The summed E-state index contributed by atoms with van der Waals surface area (Å²) in [5.74, 6) is 1.50. The molecule has 2 aromatic carbocycles. The van der Waals surface area contributed by atoms with Crippen LogP contribution in [-0.2, 0) is 19.1 Å². The number of carbonyl (C=O) groups excluding carboxylic acids is 2. The molecule has 0 spiro atoms. The van der Waals surface area contributed by atoms with Gasteiger partial charge >= 0.3 is 0 Å². The summed E-state index contributed by atoms with van der Waals surface area (Å²) < 4.78 is 20.6. The van der Waals surface area contributed by atoms with Crippen LogP contribution in [0.4, 0.5) is 5.69 Å². The molecule has 0 aliphatic rings. The van der Waals surface area contributed by atoms with E-state index in [9.17, 15) is 9.59 Å². The number of anilines is 1. The second-order valence-electron chi connectivity index (χ2n) is 12.0. The van der Waals surface area contributed by atoms with Crippen LogP contribution in [0.5, 0.6) is 5.75 Å². The first-order valence-corrected chi connectivity index (χ1v) is 15.0. The number of nitrogens with one attached hydrogen (secondary N) is 1. The Bertz CT molecular complexity index is 1250. The predicted octanol–water partition coefficient (Wildman–Crippen LogP) is 7.86. The maximum absolute atomic E-state index is 10.7. The Balaban J connectivity index is 0.000000623. The number of benzene rings is 2. The first-order valence-electron chi connectivity index (χ1n) is 14.6. The molecule has 1 heterocycles. The Morgan fingerprint density at radius 2 is 1.59 bits per heavy atom. The molecule has 0 fully saturated rings. The molecule has 0 aliphatic carbocycles. The van der Waals surface area contributed by atoms with E-state index in [2.05, 4.69) is 27.2 Å². The molecular formula is C33H49ClN4O6. The number of hydrogen-bond donors (Lipinski definition) is 1. The van der Waals surface area contributed by atoms with Crippen LogP contribution in [0.15, 0.2) is 47.0 Å². The number of aldehydes is 1. The number of hydrazine groups is 1. The molecule has 0 aliphatic heterocycles. The van der Waals surface area contributed by atoms with Gasteiger partial charge in [-0.3, -0.25) is 4.79 Å². The quantitative estimate of drug-likeness (QED) is 0.156. The summed E-state index contributed by atoms with van der Waals surface area (Å²) in [6.07, 6.45) is 2.45. The third-order valence-electron chi connectivity index (χ3n) is 5.42. The maximum Gasteiger partial charge on any atom is 0.293 e. The SMILES string of the molecule is CC(C)(C)OC=O.CCCN(CCC=O)Nc1ccc(-c2nc(-c3ccc(OC(C)C)c(Cl)c3)no2)cc1.COC(C)(C)C. The van der Waals surface area contributed by atoms with E-state index in [1.165, 1.54) is 0 Å². The Hall–Kier alpha value is -3.47. The zero-order valence-corrected chi connectivity index (χ0v) is 28.5. The van der Waals surface area contributed by atoms with Crippen molar-refractivity contribution < 1.29 is 28.3 Å². The molecule has 0 saturated heterocycles. The van der Waals surface area contributed by atoms with E-state index < -0.39 is 0 Å². The average Bonchev–Trinajstić information content (AvgIpc) is 3.43. The van der Waals surface area contributed by atoms with Gasteiger partial charge in [0, 0.05) is 43.4 Å². The van der Waals surface area contributed by atoms with Crippen molar-refractivity contribution in [3.8, 4) is 28.6 Å². The van der Waals surface area contributed by atoms with Crippen LogP contribution in [0, 0.1) is 0 Å². The van der Waals surface area contributed by atoms with Crippen LogP contribution < -0.4 is 10.2 Å². The van der Waals surface area contributed by atoms with Crippen molar-refractivity contribution in [1.29, 1.82) is 0 Å². The molecule has 44 heavy (non-hydrogen) atoms. The fourth-order valence-electron chi connectivity index (χ4n) is 3.16. The molecular weight excluding hydrogens is 584 g/mol. The minimum Gasteiger partial charge on any atom is -0.489 e. The van der Waals surface area contributed by atoms with Crippen LogP contribution in [0.1, 0.15) is 75.2 Å². The lowest BCUT2D eigenvalue weighted by molar-refractivity contribution is -0.138. The highest BCUT2D eigenvalue weighted by Gasteiger charge is 2.14. The Kier molecular flexibility index (Phi) is 16.7. The molecule has 10 nitrogen and oxygen atoms in total. The highest BCUT2D eigenvalue weighted by Crippen LogP contribution is 2.31. The molecule has 3 aromatic rings. The third kappa shape index (κ3) is 15.8. The molecule has 1 N–H and O–H groups in total. The van der Waals surface area contributed by atoms with Gasteiger partial charge < -0.3 is 29.0 Å². The Labute approximate surface area is 267 Å². The van der Waals surface area contributed by atoms with Gasteiger partial charge in [-0.25, -0.2) is 5.01 Å². The van der Waals surface area contributed by atoms with Crippen LogP contribution >= 0.6 is 11.6 Å². The first kappa shape index (κ1) is 38.6. The summed E-state index contributed by atoms with van der Waals surface area (Å²) in [7, 11) is 1.71. The van der Waals surface area contributed by atoms with Gasteiger partial charge in [-0.05, 0) is 104 Å². The highest BCUT2D eigenvalue weighted by atomic mass is 35.5.